The smallest absolute Gasteiger partial charge is 0.308 e. The van der Waals surface area contributed by atoms with E-state index in [0.717, 1.165) is 0 Å². The van der Waals surface area contributed by atoms with Crippen molar-refractivity contribution in [2.24, 2.45) is 5.92 Å². The first kappa shape index (κ1) is 12.4. The quantitative estimate of drug-likeness (QED) is 0.680. The molecule has 1 N–H and O–H groups in total. The van der Waals surface area contributed by atoms with Gasteiger partial charge < -0.3 is 5.32 Å². The number of hydrogen-bond acceptors (Lipinski definition) is 2. The maximum absolute atomic E-state index is 11.6. The molecule has 0 aliphatic rings. The molecule has 0 aliphatic carbocycles. The predicted octanol–water partition coefficient (Wildman–Crippen LogP) is 1.75. The van der Waals surface area contributed by atoms with Crippen molar-refractivity contribution in [1.82, 2.24) is 5.32 Å². The third-order valence-electron chi connectivity index (χ3n) is 1.52. The Balaban J connectivity index is 3.42. The number of hydrogen-bond donors (Lipinski definition) is 1. The number of nitrogens with one attached hydrogen (secondary N) is 1. The minimum atomic E-state index is -4.19. The van der Waals surface area contributed by atoms with Crippen LogP contribution in [0.2, 0.25) is 0 Å². The predicted molar refractivity (Wildman–Crippen MR) is 43.4 cm³/mol. The summed E-state index contributed by atoms with van der Waals surface area (Å²) in [5.41, 5.74) is 0. The van der Waals surface area contributed by atoms with Crippen molar-refractivity contribution in [2.75, 3.05) is 13.1 Å². The van der Waals surface area contributed by atoms with Gasteiger partial charge in [0.1, 0.15) is 5.78 Å². The second kappa shape index (κ2) is 5.21. The zero-order chi connectivity index (χ0) is 10.5. The molecule has 0 bridgehead atoms. The van der Waals surface area contributed by atoms with E-state index in [9.17, 15) is 18.0 Å². The van der Waals surface area contributed by atoms with Crippen molar-refractivity contribution < 1.29 is 18.0 Å². The number of alkyl halides is 3. The fourth-order valence-electron chi connectivity index (χ4n) is 0.730. The van der Waals surface area contributed by atoms with E-state index in [0.29, 0.717) is 0 Å². The summed E-state index contributed by atoms with van der Waals surface area (Å²) in [6.45, 7) is 2.52. The maximum atomic E-state index is 11.6. The molecule has 0 radical (unpaired) electrons. The molecular formula is C8H14F3NO. The zero-order valence-corrected chi connectivity index (χ0v) is 7.74. The van der Waals surface area contributed by atoms with E-state index in [1.165, 1.54) is 0 Å². The molecule has 0 fully saturated rings. The molecule has 78 valence electrons. The number of carbonyl (C=O) groups is 1. The van der Waals surface area contributed by atoms with Crippen LogP contribution in [0.4, 0.5) is 13.2 Å². The zero-order valence-electron chi connectivity index (χ0n) is 7.74. The summed E-state index contributed by atoms with van der Waals surface area (Å²) >= 11 is 0. The first-order valence-electron chi connectivity index (χ1n) is 4.13. The Hall–Kier alpha value is -0.580. The Bertz CT molecular complexity index is 165. The number of rotatable bonds is 5. The largest absolute Gasteiger partial charge is 0.401 e. The second-order valence-corrected chi connectivity index (χ2v) is 3.16. The van der Waals surface area contributed by atoms with Gasteiger partial charge in [-0.2, -0.15) is 13.2 Å². The van der Waals surface area contributed by atoms with Gasteiger partial charge in [-0.3, -0.25) is 4.79 Å². The molecule has 0 unspecified atom stereocenters. The number of Topliss-reactive ketones (excluding diaryl/α,β-unsaturated/α-hetero) is 1. The molecule has 0 saturated carbocycles. The first-order chi connectivity index (χ1) is 5.83. The lowest BCUT2D eigenvalue weighted by Crippen LogP contribution is -2.30. The topological polar surface area (TPSA) is 29.1 Å². The van der Waals surface area contributed by atoms with Gasteiger partial charge >= 0.3 is 6.18 Å². The van der Waals surface area contributed by atoms with Crippen molar-refractivity contribution in [3.63, 3.8) is 0 Å². The number of ketones is 1. The van der Waals surface area contributed by atoms with Gasteiger partial charge in [-0.1, -0.05) is 13.8 Å². The van der Waals surface area contributed by atoms with Crippen LogP contribution in [0.15, 0.2) is 0 Å². The Morgan fingerprint density at radius 3 is 2.31 bits per heavy atom. The molecule has 13 heavy (non-hydrogen) atoms. The standard InChI is InChI=1S/C8H14F3NO/c1-6(2)7(13)3-4-12-5-8(9,10)11/h6,12H,3-5H2,1-2H3. The summed E-state index contributed by atoms with van der Waals surface area (Å²) in [6.07, 6.45) is -4.03. The fraction of sp³-hybridized carbons (Fsp3) is 0.875. The first-order valence-corrected chi connectivity index (χ1v) is 4.13. The average Bonchev–Trinajstić information content (AvgIpc) is 1.95. The summed E-state index contributed by atoms with van der Waals surface area (Å²) in [5.74, 6) is -0.123. The van der Waals surface area contributed by atoms with Crippen molar-refractivity contribution in [3.05, 3.63) is 0 Å². The van der Waals surface area contributed by atoms with Gasteiger partial charge in [0.15, 0.2) is 0 Å². The summed E-state index contributed by atoms with van der Waals surface area (Å²) in [7, 11) is 0. The summed E-state index contributed by atoms with van der Waals surface area (Å²) in [6, 6.07) is 0. The normalized spacial score (nSPS) is 12.2. The van der Waals surface area contributed by atoms with Gasteiger partial charge in [0.2, 0.25) is 0 Å². The molecule has 0 atom stereocenters. The van der Waals surface area contributed by atoms with Crippen LogP contribution in [0.3, 0.4) is 0 Å². The van der Waals surface area contributed by atoms with Gasteiger partial charge in [-0.05, 0) is 0 Å². The molecule has 0 aromatic rings. The Kier molecular flexibility index (Phi) is 4.98. The Labute approximate surface area is 75.5 Å². The van der Waals surface area contributed by atoms with Crippen LogP contribution in [0.25, 0.3) is 0 Å². The molecule has 0 aromatic carbocycles. The number of halogens is 3. The van der Waals surface area contributed by atoms with Crippen LogP contribution < -0.4 is 5.32 Å². The average molecular weight is 197 g/mol. The second-order valence-electron chi connectivity index (χ2n) is 3.16. The van der Waals surface area contributed by atoms with Gasteiger partial charge in [-0.25, -0.2) is 0 Å². The van der Waals surface area contributed by atoms with Crippen molar-refractivity contribution in [2.45, 2.75) is 26.4 Å². The minimum Gasteiger partial charge on any atom is -0.308 e. The van der Waals surface area contributed by atoms with E-state index in [-0.39, 0.29) is 24.7 Å². The third-order valence-corrected chi connectivity index (χ3v) is 1.52. The van der Waals surface area contributed by atoms with Crippen molar-refractivity contribution in [1.29, 1.82) is 0 Å². The molecule has 0 aromatic heterocycles. The molecule has 5 heteroatoms. The maximum Gasteiger partial charge on any atom is 0.401 e. The van der Waals surface area contributed by atoms with Gasteiger partial charge in [0, 0.05) is 18.9 Å². The van der Waals surface area contributed by atoms with E-state index in [4.69, 9.17) is 0 Å². The van der Waals surface area contributed by atoms with Gasteiger partial charge in [0.05, 0.1) is 6.54 Å². The molecule has 0 saturated heterocycles. The highest BCUT2D eigenvalue weighted by Crippen LogP contribution is 2.12. The van der Waals surface area contributed by atoms with Crippen LogP contribution in [-0.4, -0.2) is 25.0 Å². The van der Waals surface area contributed by atoms with Crippen LogP contribution in [-0.2, 0) is 4.79 Å². The summed E-state index contributed by atoms with van der Waals surface area (Å²) in [4.78, 5) is 10.9. The highest BCUT2D eigenvalue weighted by molar-refractivity contribution is 5.80. The van der Waals surface area contributed by atoms with Crippen LogP contribution >= 0.6 is 0 Å². The lowest BCUT2D eigenvalue weighted by atomic mass is 10.1. The SMILES string of the molecule is CC(C)C(=O)CCNCC(F)(F)F. The molecule has 0 aliphatic heterocycles. The lowest BCUT2D eigenvalue weighted by molar-refractivity contribution is -0.127. The van der Waals surface area contributed by atoms with E-state index in [1.807, 2.05) is 0 Å². The van der Waals surface area contributed by atoms with Crippen molar-refractivity contribution in [3.8, 4) is 0 Å². The van der Waals surface area contributed by atoms with Gasteiger partial charge in [-0.15, -0.1) is 0 Å². The Morgan fingerprint density at radius 2 is 1.92 bits per heavy atom. The van der Waals surface area contributed by atoms with E-state index < -0.39 is 12.7 Å². The van der Waals surface area contributed by atoms with E-state index in [1.54, 1.807) is 13.8 Å². The molecular weight excluding hydrogens is 183 g/mol. The van der Waals surface area contributed by atoms with Crippen LogP contribution in [0.5, 0.6) is 0 Å². The Morgan fingerprint density at radius 1 is 1.38 bits per heavy atom. The fourth-order valence-corrected chi connectivity index (χ4v) is 0.730. The molecule has 0 heterocycles. The van der Waals surface area contributed by atoms with Crippen molar-refractivity contribution >= 4 is 5.78 Å². The van der Waals surface area contributed by atoms with Gasteiger partial charge in [0.25, 0.3) is 0 Å². The minimum absolute atomic E-state index is 0.0188. The monoisotopic (exact) mass is 197 g/mol. The lowest BCUT2D eigenvalue weighted by Gasteiger charge is -2.08. The summed E-state index contributed by atoms with van der Waals surface area (Å²) < 4.78 is 34.8. The highest BCUT2D eigenvalue weighted by Gasteiger charge is 2.26. The summed E-state index contributed by atoms with van der Waals surface area (Å²) in [5, 5.41) is 2.17. The molecule has 0 rings (SSSR count). The van der Waals surface area contributed by atoms with Crippen LogP contribution in [0.1, 0.15) is 20.3 Å². The molecule has 0 spiro atoms. The third kappa shape index (κ3) is 7.77. The molecule has 0 amide bonds. The molecule has 2 nitrogen and oxygen atoms in total. The number of carbonyl (C=O) groups excluding carboxylic acids is 1. The van der Waals surface area contributed by atoms with E-state index >= 15 is 0 Å². The highest BCUT2D eigenvalue weighted by atomic mass is 19.4. The van der Waals surface area contributed by atoms with Crippen LogP contribution in [0, 0.1) is 5.92 Å². The van der Waals surface area contributed by atoms with E-state index in [2.05, 4.69) is 5.32 Å².